The first-order valence-electron chi connectivity index (χ1n) is 4.90. The first kappa shape index (κ1) is 11.5. The van der Waals surface area contributed by atoms with Gasteiger partial charge in [-0.3, -0.25) is 0 Å². The van der Waals surface area contributed by atoms with Crippen LogP contribution in [0.15, 0.2) is 4.52 Å². The van der Waals surface area contributed by atoms with Crippen LogP contribution < -0.4 is 0 Å². The maximum Gasteiger partial charge on any atom is 0.271 e. The van der Waals surface area contributed by atoms with Gasteiger partial charge in [0.25, 0.3) is 5.89 Å². The highest BCUT2D eigenvalue weighted by molar-refractivity contribution is 7.09. The first-order chi connectivity index (χ1) is 7.59. The van der Waals surface area contributed by atoms with Crippen molar-refractivity contribution < 1.29 is 4.52 Å². The van der Waals surface area contributed by atoms with Crippen LogP contribution in [-0.2, 0) is 0 Å². The molecule has 2 heterocycles. The molecule has 0 aliphatic rings. The van der Waals surface area contributed by atoms with Crippen molar-refractivity contribution in [3.05, 3.63) is 11.5 Å². The van der Waals surface area contributed by atoms with Gasteiger partial charge in [0.2, 0.25) is 0 Å². The molecule has 7 heteroatoms. The Morgan fingerprint density at radius 3 is 2.62 bits per heavy atom. The summed E-state index contributed by atoms with van der Waals surface area (Å²) in [6.07, 6.45) is 0. The van der Waals surface area contributed by atoms with E-state index in [-0.39, 0.29) is 11.3 Å². The van der Waals surface area contributed by atoms with Gasteiger partial charge in [-0.25, -0.2) is 0 Å². The molecule has 0 saturated heterocycles. The van der Waals surface area contributed by atoms with Gasteiger partial charge in [-0.15, -0.1) is 16.7 Å². The van der Waals surface area contributed by atoms with E-state index in [2.05, 4.69) is 19.7 Å². The van der Waals surface area contributed by atoms with E-state index < -0.39 is 0 Å². The third-order valence-electron chi connectivity index (χ3n) is 2.05. The molecule has 16 heavy (non-hydrogen) atoms. The monoisotopic (exact) mass is 258 g/mol. The molecule has 2 aromatic rings. The predicted molar refractivity (Wildman–Crippen MR) is 61.6 cm³/mol. The van der Waals surface area contributed by atoms with Crippen LogP contribution in [0.1, 0.15) is 43.6 Å². The van der Waals surface area contributed by atoms with E-state index in [1.807, 2.05) is 13.8 Å². The Kier molecular flexibility index (Phi) is 3.20. The highest BCUT2D eigenvalue weighted by atomic mass is 35.5. The van der Waals surface area contributed by atoms with E-state index in [4.69, 9.17) is 16.1 Å². The lowest BCUT2D eigenvalue weighted by Crippen LogP contribution is -1.91. The Labute approximate surface area is 102 Å². The van der Waals surface area contributed by atoms with Crippen LogP contribution in [0.25, 0.3) is 10.8 Å². The quantitative estimate of drug-likeness (QED) is 0.792. The van der Waals surface area contributed by atoms with E-state index in [0.717, 1.165) is 10.6 Å². The van der Waals surface area contributed by atoms with Crippen molar-refractivity contribution in [2.45, 2.75) is 32.1 Å². The van der Waals surface area contributed by atoms with Gasteiger partial charge >= 0.3 is 0 Å². The van der Waals surface area contributed by atoms with Crippen LogP contribution in [0.4, 0.5) is 0 Å². The smallest absolute Gasteiger partial charge is 0.271 e. The summed E-state index contributed by atoms with van der Waals surface area (Å²) in [5.74, 6) is 1.21. The summed E-state index contributed by atoms with van der Waals surface area (Å²) in [7, 11) is 0. The normalized spacial score (nSPS) is 13.3. The average molecular weight is 259 g/mol. The zero-order chi connectivity index (χ0) is 11.7. The second kappa shape index (κ2) is 4.47. The topological polar surface area (TPSA) is 64.7 Å². The van der Waals surface area contributed by atoms with E-state index in [1.165, 1.54) is 11.5 Å². The molecule has 0 aromatic carbocycles. The van der Waals surface area contributed by atoms with Crippen molar-refractivity contribution in [1.29, 1.82) is 0 Å². The first-order valence-corrected chi connectivity index (χ1v) is 6.11. The number of halogens is 1. The van der Waals surface area contributed by atoms with Crippen molar-refractivity contribution in [3.8, 4) is 10.8 Å². The van der Waals surface area contributed by atoms with Crippen LogP contribution >= 0.6 is 23.1 Å². The third kappa shape index (κ3) is 2.08. The fourth-order valence-corrected chi connectivity index (χ4v) is 2.04. The summed E-state index contributed by atoms with van der Waals surface area (Å²) in [5, 5.41) is 7.60. The van der Waals surface area contributed by atoms with Gasteiger partial charge in [-0.05, 0) is 24.4 Å². The summed E-state index contributed by atoms with van der Waals surface area (Å²) >= 11 is 7.12. The zero-order valence-electron chi connectivity index (χ0n) is 9.14. The van der Waals surface area contributed by atoms with Gasteiger partial charge in [0.1, 0.15) is 4.88 Å². The number of aromatic nitrogens is 4. The number of hydrogen-bond donors (Lipinski definition) is 0. The molecule has 86 valence electrons. The summed E-state index contributed by atoms with van der Waals surface area (Å²) in [6, 6.07) is 0. The molecule has 0 aliphatic carbocycles. The Hall–Kier alpha value is -1.01. The molecule has 0 amide bonds. The molecule has 0 spiro atoms. The van der Waals surface area contributed by atoms with E-state index in [0.29, 0.717) is 11.7 Å². The third-order valence-corrected chi connectivity index (χ3v) is 2.98. The van der Waals surface area contributed by atoms with Gasteiger partial charge in [0.05, 0.1) is 11.1 Å². The standard InChI is InChI=1S/C9H11ClN4OS/c1-4(2)6-7(16-14-12-6)9-11-8(5(3)10)13-15-9/h4-5H,1-3H3. The van der Waals surface area contributed by atoms with Crippen LogP contribution in [0.3, 0.4) is 0 Å². The zero-order valence-corrected chi connectivity index (χ0v) is 10.7. The minimum atomic E-state index is -0.263. The molecule has 1 atom stereocenters. The van der Waals surface area contributed by atoms with Gasteiger partial charge in [-0.1, -0.05) is 23.5 Å². The maximum atomic E-state index is 5.87. The highest BCUT2D eigenvalue weighted by Gasteiger charge is 2.20. The van der Waals surface area contributed by atoms with Crippen molar-refractivity contribution in [2.75, 3.05) is 0 Å². The van der Waals surface area contributed by atoms with Gasteiger partial charge in [-0.2, -0.15) is 4.98 Å². The summed E-state index contributed by atoms with van der Waals surface area (Å²) in [5.41, 5.74) is 0.877. The van der Waals surface area contributed by atoms with Crippen LogP contribution in [0, 0.1) is 0 Å². The lowest BCUT2D eigenvalue weighted by molar-refractivity contribution is 0.423. The molecule has 2 aromatic heterocycles. The SMILES string of the molecule is CC(C)c1nnsc1-c1nc(C(C)Cl)no1. The Morgan fingerprint density at radius 1 is 1.31 bits per heavy atom. The Bertz CT molecular complexity index is 479. The molecular formula is C9H11ClN4OS. The van der Waals surface area contributed by atoms with Crippen molar-refractivity contribution >= 4 is 23.1 Å². The van der Waals surface area contributed by atoms with E-state index in [1.54, 1.807) is 6.92 Å². The van der Waals surface area contributed by atoms with Gasteiger partial charge < -0.3 is 4.52 Å². The average Bonchev–Trinajstić information content (AvgIpc) is 2.86. The lowest BCUT2D eigenvalue weighted by Gasteiger charge is -1.98. The molecule has 2 rings (SSSR count). The Morgan fingerprint density at radius 2 is 2.06 bits per heavy atom. The minimum Gasteiger partial charge on any atom is -0.333 e. The van der Waals surface area contributed by atoms with E-state index in [9.17, 15) is 0 Å². The molecule has 0 fully saturated rings. The predicted octanol–water partition coefficient (Wildman–Crippen LogP) is 3.01. The molecule has 0 aliphatic heterocycles. The van der Waals surface area contributed by atoms with Crippen LogP contribution in [-0.4, -0.2) is 19.7 Å². The molecule has 0 saturated carbocycles. The second-order valence-corrected chi connectivity index (χ2v) is 5.12. The van der Waals surface area contributed by atoms with Crippen LogP contribution in [0.2, 0.25) is 0 Å². The van der Waals surface area contributed by atoms with Crippen molar-refractivity contribution in [2.24, 2.45) is 0 Å². The summed E-state index contributed by atoms with van der Waals surface area (Å²) in [6.45, 7) is 5.88. The summed E-state index contributed by atoms with van der Waals surface area (Å²) in [4.78, 5) is 5.04. The number of rotatable bonds is 3. The number of nitrogens with zero attached hydrogens (tertiary/aromatic N) is 4. The molecule has 0 N–H and O–H groups in total. The lowest BCUT2D eigenvalue weighted by atomic mass is 10.1. The highest BCUT2D eigenvalue weighted by Crippen LogP contribution is 2.30. The largest absolute Gasteiger partial charge is 0.333 e. The van der Waals surface area contributed by atoms with Gasteiger partial charge in [0, 0.05) is 0 Å². The minimum absolute atomic E-state index is 0.263. The fourth-order valence-electron chi connectivity index (χ4n) is 1.21. The number of hydrogen-bond acceptors (Lipinski definition) is 6. The van der Waals surface area contributed by atoms with Crippen molar-refractivity contribution in [3.63, 3.8) is 0 Å². The molecule has 1 unspecified atom stereocenters. The second-order valence-electron chi connectivity index (χ2n) is 3.72. The fraction of sp³-hybridized carbons (Fsp3) is 0.556. The Balaban J connectivity index is 2.39. The molecular weight excluding hydrogens is 248 g/mol. The van der Waals surface area contributed by atoms with E-state index >= 15 is 0 Å². The molecule has 0 bridgehead atoms. The molecule has 5 nitrogen and oxygen atoms in total. The van der Waals surface area contributed by atoms with Crippen LogP contribution in [0.5, 0.6) is 0 Å². The molecule has 0 radical (unpaired) electrons. The number of alkyl halides is 1. The maximum absolute atomic E-state index is 5.87. The van der Waals surface area contributed by atoms with Gasteiger partial charge in [0.15, 0.2) is 5.82 Å². The van der Waals surface area contributed by atoms with Crippen molar-refractivity contribution in [1.82, 2.24) is 19.7 Å². The summed E-state index contributed by atoms with van der Waals surface area (Å²) < 4.78 is 9.05.